The van der Waals surface area contributed by atoms with Crippen LogP contribution >= 0.6 is 0 Å². The van der Waals surface area contributed by atoms with E-state index in [1.807, 2.05) is 0 Å². The molecule has 1 atom stereocenters. The molecular formula is C15H16F3N3O2. The van der Waals surface area contributed by atoms with Crippen LogP contribution in [0.2, 0.25) is 0 Å². The number of aliphatic hydroxyl groups excluding tert-OH is 1. The highest BCUT2D eigenvalue weighted by Crippen LogP contribution is 2.31. The normalized spacial score (nSPS) is 18.8. The first-order valence-electron chi connectivity index (χ1n) is 7.34. The molecule has 0 bridgehead atoms. The molecule has 2 heterocycles. The van der Waals surface area contributed by atoms with Crippen molar-refractivity contribution in [3.8, 4) is 0 Å². The number of hydrogen-bond acceptors (Lipinski definition) is 3. The number of benzene rings is 1. The van der Waals surface area contributed by atoms with Crippen molar-refractivity contribution in [3.63, 3.8) is 0 Å². The molecule has 5 nitrogen and oxygen atoms in total. The van der Waals surface area contributed by atoms with E-state index in [4.69, 9.17) is 0 Å². The van der Waals surface area contributed by atoms with E-state index in [-0.39, 0.29) is 23.7 Å². The van der Waals surface area contributed by atoms with Gasteiger partial charge < -0.3 is 14.6 Å². The van der Waals surface area contributed by atoms with Crippen LogP contribution in [0.15, 0.2) is 24.3 Å². The number of para-hydroxylation sites is 2. The van der Waals surface area contributed by atoms with Crippen LogP contribution in [0, 0.1) is 0 Å². The van der Waals surface area contributed by atoms with E-state index < -0.39 is 24.5 Å². The third-order valence-electron chi connectivity index (χ3n) is 4.11. The van der Waals surface area contributed by atoms with Crippen LogP contribution in [-0.4, -0.2) is 44.7 Å². The van der Waals surface area contributed by atoms with Gasteiger partial charge in [0.2, 0.25) is 11.7 Å². The molecule has 0 unspecified atom stereocenters. The molecule has 1 fully saturated rings. The summed E-state index contributed by atoms with van der Waals surface area (Å²) >= 11 is 0. The summed E-state index contributed by atoms with van der Waals surface area (Å²) in [6.07, 6.45) is -3.23. The molecule has 2 aromatic rings. The van der Waals surface area contributed by atoms with Crippen molar-refractivity contribution in [1.82, 2.24) is 14.5 Å². The Hall–Kier alpha value is -2.09. The van der Waals surface area contributed by atoms with Crippen molar-refractivity contribution in [2.45, 2.75) is 31.6 Å². The maximum absolute atomic E-state index is 13.2. The quantitative estimate of drug-likeness (QED) is 0.938. The zero-order chi connectivity index (χ0) is 16.6. The Balaban J connectivity index is 1.97. The minimum Gasteiger partial charge on any atom is -0.394 e. The monoisotopic (exact) mass is 327 g/mol. The summed E-state index contributed by atoms with van der Waals surface area (Å²) in [5, 5.41) is 9.27. The first kappa shape index (κ1) is 15.8. The van der Waals surface area contributed by atoms with Crippen molar-refractivity contribution >= 4 is 16.9 Å². The Morgan fingerprint density at radius 3 is 2.78 bits per heavy atom. The number of aliphatic hydroxyl groups is 1. The molecule has 1 aliphatic rings. The van der Waals surface area contributed by atoms with E-state index >= 15 is 0 Å². The van der Waals surface area contributed by atoms with Crippen LogP contribution in [0.3, 0.4) is 0 Å². The van der Waals surface area contributed by atoms with Gasteiger partial charge in [0.1, 0.15) is 6.54 Å². The number of rotatable bonds is 3. The van der Waals surface area contributed by atoms with E-state index in [1.54, 1.807) is 12.1 Å². The zero-order valence-electron chi connectivity index (χ0n) is 12.3. The number of aromatic nitrogens is 2. The standard InChI is InChI=1S/C15H16F3N3O2/c16-15(17,18)14-19-11-5-1-2-6-12(11)21(14)8-13(23)20-7-3-4-10(20)9-22/h1-2,5-6,10,22H,3-4,7-9H2/t10-/m1/s1. The van der Waals surface area contributed by atoms with Gasteiger partial charge in [0, 0.05) is 6.54 Å². The average molecular weight is 327 g/mol. The van der Waals surface area contributed by atoms with E-state index in [9.17, 15) is 23.1 Å². The summed E-state index contributed by atoms with van der Waals surface area (Å²) in [6, 6.07) is 5.89. The number of hydrogen-bond donors (Lipinski definition) is 1. The molecule has 8 heteroatoms. The highest BCUT2D eigenvalue weighted by atomic mass is 19.4. The second-order valence-electron chi connectivity index (χ2n) is 5.57. The number of fused-ring (bicyclic) bond motifs is 1. The topological polar surface area (TPSA) is 58.4 Å². The Kier molecular flexibility index (Phi) is 4.01. The van der Waals surface area contributed by atoms with Crippen molar-refractivity contribution < 1.29 is 23.1 Å². The number of alkyl halides is 3. The summed E-state index contributed by atoms with van der Waals surface area (Å²) in [5.74, 6) is -1.51. The number of halogens is 3. The second-order valence-corrected chi connectivity index (χ2v) is 5.57. The van der Waals surface area contributed by atoms with Gasteiger partial charge in [-0.3, -0.25) is 4.79 Å². The number of nitrogens with zero attached hydrogens (tertiary/aromatic N) is 3. The van der Waals surface area contributed by atoms with Gasteiger partial charge in [-0.15, -0.1) is 0 Å². The fourth-order valence-electron chi connectivity index (χ4n) is 3.03. The summed E-state index contributed by atoms with van der Waals surface area (Å²) in [7, 11) is 0. The van der Waals surface area contributed by atoms with E-state index in [0.717, 1.165) is 11.0 Å². The summed E-state index contributed by atoms with van der Waals surface area (Å²) in [4.78, 5) is 17.5. The molecule has 0 saturated carbocycles. The van der Waals surface area contributed by atoms with Crippen LogP contribution < -0.4 is 0 Å². The van der Waals surface area contributed by atoms with Gasteiger partial charge in [0.15, 0.2) is 0 Å². The number of amides is 1. The van der Waals surface area contributed by atoms with Crippen LogP contribution in [0.1, 0.15) is 18.7 Å². The van der Waals surface area contributed by atoms with Gasteiger partial charge in [0.25, 0.3) is 0 Å². The molecule has 1 aromatic carbocycles. The molecule has 23 heavy (non-hydrogen) atoms. The van der Waals surface area contributed by atoms with Crippen LogP contribution in [0.4, 0.5) is 13.2 Å². The van der Waals surface area contributed by atoms with Crippen molar-refractivity contribution in [1.29, 1.82) is 0 Å². The minimum atomic E-state index is -4.64. The molecule has 0 aliphatic carbocycles. The molecule has 124 valence electrons. The van der Waals surface area contributed by atoms with Gasteiger partial charge in [0.05, 0.1) is 23.7 Å². The van der Waals surface area contributed by atoms with E-state index in [0.29, 0.717) is 13.0 Å². The van der Waals surface area contributed by atoms with Crippen LogP contribution in [-0.2, 0) is 17.5 Å². The summed E-state index contributed by atoms with van der Waals surface area (Å²) in [5.41, 5.74) is 0.473. The SMILES string of the molecule is O=C(Cn1c(C(F)(F)F)nc2ccccc21)N1CCC[C@@H]1CO. The van der Waals surface area contributed by atoms with Gasteiger partial charge >= 0.3 is 6.18 Å². The number of carbonyl (C=O) groups excluding carboxylic acids is 1. The molecule has 1 saturated heterocycles. The molecule has 0 radical (unpaired) electrons. The van der Waals surface area contributed by atoms with Crippen molar-refractivity contribution in [3.05, 3.63) is 30.1 Å². The second kappa shape index (κ2) is 5.84. The minimum absolute atomic E-state index is 0.178. The maximum atomic E-state index is 13.2. The fourth-order valence-corrected chi connectivity index (χ4v) is 3.03. The lowest BCUT2D eigenvalue weighted by Crippen LogP contribution is -2.40. The Morgan fingerprint density at radius 2 is 2.09 bits per heavy atom. The molecule has 1 N–H and O–H groups in total. The number of carbonyl (C=O) groups is 1. The molecule has 1 aliphatic heterocycles. The smallest absolute Gasteiger partial charge is 0.394 e. The Bertz CT molecular complexity index is 726. The Labute approximate surface area is 130 Å². The van der Waals surface area contributed by atoms with Crippen LogP contribution in [0.25, 0.3) is 11.0 Å². The molecule has 1 amide bonds. The largest absolute Gasteiger partial charge is 0.449 e. The third kappa shape index (κ3) is 2.90. The fraction of sp³-hybridized carbons (Fsp3) is 0.467. The van der Waals surface area contributed by atoms with Crippen molar-refractivity contribution in [2.24, 2.45) is 0 Å². The van der Waals surface area contributed by atoms with Crippen LogP contribution in [0.5, 0.6) is 0 Å². The van der Waals surface area contributed by atoms with Gasteiger partial charge in [-0.2, -0.15) is 13.2 Å². The highest BCUT2D eigenvalue weighted by molar-refractivity contribution is 5.81. The predicted molar refractivity (Wildman–Crippen MR) is 76.6 cm³/mol. The van der Waals surface area contributed by atoms with Gasteiger partial charge in [-0.05, 0) is 25.0 Å². The number of likely N-dealkylation sites (tertiary alicyclic amines) is 1. The van der Waals surface area contributed by atoms with E-state index in [1.165, 1.54) is 17.0 Å². The lowest BCUT2D eigenvalue weighted by atomic mass is 10.2. The predicted octanol–water partition coefficient (Wildman–Crippen LogP) is 2.04. The Morgan fingerprint density at radius 1 is 1.35 bits per heavy atom. The average Bonchev–Trinajstić information content (AvgIpc) is 3.11. The van der Waals surface area contributed by atoms with E-state index in [2.05, 4.69) is 4.98 Å². The zero-order valence-corrected chi connectivity index (χ0v) is 12.3. The van der Waals surface area contributed by atoms with Gasteiger partial charge in [-0.1, -0.05) is 12.1 Å². The maximum Gasteiger partial charge on any atom is 0.449 e. The molecule has 1 aromatic heterocycles. The first-order chi connectivity index (χ1) is 10.9. The molecule has 3 rings (SSSR count). The van der Waals surface area contributed by atoms with Crippen molar-refractivity contribution in [2.75, 3.05) is 13.2 Å². The summed E-state index contributed by atoms with van der Waals surface area (Å²) in [6.45, 7) is -0.160. The summed E-state index contributed by atoms with van der Waals surface area (Å²) < 4.78 is 40.5. The molecule has 0 spiro atoms. The number of imidazole rings is 1. The third-order valence-corrected chi connectivity index (χ3v) is 4.11. The highest BCUT2D eigenvalue weighted by Gasteiger charge is 2.38. The van der Waals surface area contributed by atoms with Gasteiger partial charge in [-0.25, -0.2) is 4.98 Å². The lowest BCUT2D eigenvalue weighted by Gasteiger charge is -2.24. The lowest BCUT2D eigenvalue weighted by molar-refractivity contribution is -0.148. The first-order valence-corrected chi connectivity index (χ1v) is 7.34. The molecular weight excluding hydrogens is 311 g/mol.